The van der Waals surface area contributed by atoms with E-state index in [0.717, 1.165) is 24.2 Å². The number of fused-ring (bicyclic) bond motifs is 1. The Balaban J connectivity index is 1.79. The monoisotopic (exact) mass is 277 g/mol. The third kappa shape index (κ3) is 4.22. The van der Waals surface area contributed by atoms with Crippen LogP contribution in [0.4, 0.5) is 4.79 Å². The minimum Gasteiger partial charge on any atom is -0.481 e. The lowest BCUT2D eigenvalue weighted by molar-refractivity contribution is -0.136. The van der Waals surface area contributed by atoms with Gasteiger partial charge in [-0.25, -0.2) is 4.79 Å². The standard InChI is InChI=1S/C14H19N3O3/c18-13(19)7-8-15-14(20)16-9-11-6-5-10-3-1-2-4-12(10)17-11/h5-6H,1-4,7-9H2,(H,18,19)(H2,15,16,20). The largest absolute Gasteiger partial charge is 0.481 e. The van der Waals surface area contributed by atoms with E-state index in [1.54, 1.807) is 0 Å². The third-order valence-electron chi connectivity index (χ3n) is 3.29. The Morgan fingerprint density at radius 3 is 2.80 bits per heavy atom. The Morgan fingerprint density at radius 1 is 1.20 bits per heavy atom. The van der Waals surface area contributed by atoms with Gasteiger partial charge in [-0.05, 0) is 37.3 Å². The molecule has 0 radical (unpaired) electrons. The van der Waals surface area contributed by atoms with Gasteiger partial charge in [0, 0.05) is 12.2 Å². The number of hydrogen-bond donors (Lipinski definition) is 3. The van der Waals surface area contributed by atoms with Crippen LogP contribution in [0, 0.1) is 0 Å². The number of amides is 2. The van der Waals surface area contributed by atoms with Crippen LogP contribution in [-0.2, 0) is 24.2 Å². The fourth-order valence-electron chi connectivity index (χ4n) is 2.24. The van der Waals surface area contributed by atoms with Gasteiger partial charge >= 0.3 is 12.0 Å². The van der Waals surface area contributed by atoms with Crippen LogP contribution in [0.1, 0.15) is 36.2 Å². The number of aromatic nitrogens is 1. The molecule has 0 bridgehead atoms. The summed E-state index contributed by atoms with van der Waals surface area (Å²) in [5.41, 5.74) is 3.28. The quantitative estimate of drug-likeness (QED) is 0.755. The molecule has 0 saturated carbocycles. The number of carbonyl (C=O) groups excluding carboxylic acids is 1. The fraction of sp³-hybridized carbons (Fsp3) is 0.500. The Hall–Kier alpha value is -2.11. The van der Waals surface area contributed by atoms with Crippen LogP contribution >= 0.6 is 0 Å². The minimum atomic E-state index is -0.929. The van der Waals surface area contributed by atoms with E-state index in [4.69, 9.17) is 5.11 Å². The SMILES string of the molecule is O=C(O)CCNC(=O)NCc1ccc2c(n1)CCCC2. The van der Waals surface area contributed by atoms with Crippen molar-refractivity contribution in [3.63, 3.8) is 0 Å². The highest BCUT2D eigenvalue weighted by atomic mass is 16.4. The summed E-state index contributed by atoms with van der Waals surface area (Å²) in [7, 11) is 0. The average Bonchev–Trinajstić information content (AvgIpc) is 2.44. The molecule has 2 rings (SSSR count). The van der Waals surface area contributed by atoms with Gasteiger partial charge in [-0.1, -0.05) is 6.07 Å². The van der Waals surface area contributed by atoms with Gasteiger partial charge in [0.25, 0.3) is 0 Å². The van der Waals surface area contributed by atoms with E-state index in [0.29, 0.717) is 6.54 Å². The highest BCUT2D eigenvalue weighted by Gasteiger charge is 2.11. The van der Waals surface area contributed by atoms with Gasteiger partial charge in [-0.2, -0.15) is 0 Å². The van der Waals surface area contributed by atoms with Crippen LogP contribution in [0.25, 0.3) is 0 Å². The van der Waals surface area contributed by atoms with Crippen molar-refractivity contribution in [2.45, 2.75) is 38.6 Å². The number of nitrogens with one attached hydrogen (secondary N) is 2. The lowest BCUT2D eigenvalue weighted by Crippen LogP contribution is -2.36. The molecule has 0 saturated heterocycles. The van der Waals surface area contributed by atoms with Crippen LogP contribution in [0.2, 0.25) is 0 Å². The van der Waals surface area contributed by atoms with Crippen molar-refractivity contribution in [1.29, 1.82) is 0 Å². The number of urea groups is 1. The van der Waals surface area contributed by atoms with Gasteiger partial charge in [0.15, 0.2) is 0 Å². The maximum Gasteiger partial charge on any atom is 0.315 e. The molecule has 1 aromatic heterocycles. The summed E-state index contributed by atoms with van der Waals surface area (Å²) in [6.45, 7) is 0.477. The predicted octanol–water partition coefficient (Wildman–Crippen LogP) is 1.23. The molecule has 108 valence electrons. The molecule has 1 aliphatic carbocycles. The highest BCUT2D eigenvalue weighted by molar-refractivity contribution is 5.74. The second-order valence-electron chi connectivity index (χ2n) is 4.87. The van der Waals surface area contributed by atoms with Gasteiger partial charge in [0.2, 0.25) is 0 Å². The van der Waals surface area contributed by atoms with Crippen LogP contribution in [0.5, 0.6) is 0 Å². The maximum atomic E-state index is 11.4. The Kier molecular flexibility index (Phi) is 4.92. The van der Waals surface area contributed by atoms with E-state index in [-0.39, 0.29) is 19.0 Å². The van der Waals surface area contributed by atoms with Crippen molar-refractivity contribution in [1.82, 2.24) is 15.6 Å². The molecule has 0 fully saturated rings. The van der Waals surface area contributed by atoms with E-state index in [9.17, 15) is 9.59 Å². The molecule has 2 amide bonds. The average molecular weight is 277 g/mol. The summed E-state index contributed by atoms with van der Waals surface area (Å²) in [4.78, 5) is 26.3. The molecule has 0 atom stereocenters. The molecule has 0 aliphatic heterocycles. The Morgan fingerprint density at radius 2 is 2.00 bits per heavy atom. The third-order valence-corrected chi connectivity index (χ3v) is 3.29. The summed E-state index contributed by atoms with van der Waals surface area (Å²) in [5, 5.41) is 13.6. The highest BCUT2D eigenvalue weighted by Crippen LogP contribution is 2.19. The van der Waals surface area contributed by atoms with Crippen molar-refractivity contribution in [2.24, 2.45) is 0 Å². The summed E-state index contributed by atoms with van der Waals surface area (Å²) in [6, 6.07) is 3.65. The van der Waals surface area contributed by atoms with Crippen LogP contribution in [0.15, 0.2) is 12.1 Å². The molecule has 0 unspecified atom stereocenters. The van der Waals surface area contributed by atoms with Crippen LogP contribution in [-0.4, -0.2) is 28.6 Å². The second-order valence-corrected chi connectivity index (χ2v) is 4.87. The van der Waals surface area contributed by atoms with Crippen LogP contribution in [0.3, 0.4) is 0 Å². The van der Waals surface area contributed by atoms with Gasteiger partial charge in [-0.3, -0.25) is 9.78 Å². The number of aryl methyl sites for hydroxylation is 2. The number of pyridine rings is 1. The number of nitrogens with zero attached hydrogens (tertiary/aromatic N) is 1. The zero-order valence-electron chi connectivity index (χ0n) is 11.3. The molecule has 6 heteroatoms. The minimum absolute atomic E-state index is 0.0789. The van der Waals surface area contributed by atoms with Crippen molar-refractivity contribution < 1.29 is 14.7 Å². The first kappa shape index (κ1) is 14.3. The van der Waals surface area contributed by atoms with Crippen LogP contribution < -0.4 is 10.6 Å². The van der Waals surface area contributed by atoms with Crippen molar-refractivity contribution in [3.05, 3.63) is 29.1 Å². The Bertz CT molecular complexity index is 502. The molecule has 1 heterocycles. The molecule has 1 aromatic rings. The summed E-state index contributed by atoms with van der Waals surface area (Å²) in [5.74, 6) is -0.929. The van der Waals surface area contributed by atoms with Crippen molar-refractivity contribution in [3.8, 4) is 0 Å². The first-order chi connectivity index (χ1) is 9.65. The second kappa shape index (κ2) is 6.88. The number of rotatable bonds is 5. The lowest BCUT2D eigenvalue weighted by Gasteiger charge is -2.15. The number of aliphatic carboxylic acids is 1. The molecule has 6 nitrogen and oxygen atoms in total. The van der Waals surface area contributed by atoms with E-state index >= 15 is 0 Å². The molecular weight excluding hydrogens is 258 g/mol. The zero-order valence-corrected chi connectivity index (χ0v) is 11.3. The number of hydrogen-bond acceptors (Lipinski definition) is 3. The summed E-state index contributed by atoms with van der Waals surface area (Å²) >= 11 is 0. The van der Waals surface area contributed by atoms with Gasteiger partial charge < -0.3 is 15.7 Å². The maximum absolute atomic E-state index is 11.4. The predicted molar refractivity (Wildman–Crippen MR) is 73.4 cm³/mol. The zero-order chi connectivity index (χ0) is 14.4. The first-order valence-corrected chi connectivity index (χ1v) is 6.86. The lowest BCUT2D eigenvalue weighted by atomic mass is 9.96. The molecule has 3 N–H and O–H groups in total. The molecule has 20 heavy (non-hydrogen) atoms. The fourth-order valence-corrected chi connectivity index (χ4v) is 2.24. The van der Waals surface area contributed by atoms with Crippen molar-refractivity contribution in [2.75, 3.05) is 6.54 Å². The topological polar surface area (TPSA) is 91.3 Å². The normalized spacial score (nSPS) is 13.4. The van der Waals surface area contributed by atoms with Gasteiger partial charge in [0.05, 0.1) is 18.7 Å². The molecule has 1 aliphatic rings. The number of carbonyl (C=O) groups is 2. The number of carboxylic acid groups (broad SMARTS) is 1. The summed E-state index contributed by atoms with van der Waals surface area (Å²) in [6.07, 6.45) is 4.41. The smallest absolute Gasteiger partial charge is 0.315 e. The molecule has 0 spiro atoms. The van der Waals surface area contributed by atoms with E-state index in [2.05, 4.69) is 21.7 Å². The first-order valence-electron chi connectivity index (χ1n) is 6.86. The Labute approximate surface area is 117 Å². The van der Waals surface area contributed by atoms with Gasteiger partial charge in [0.1, 0.15) is 0 Å². The summed E-state index contributed by atoms with van der Waals surface area (Å²) < 4.78 is 0. The number of carboxylic acids is 1. The van der Waals surface area contributed by atoms with Crippen molar-refractivity contribution >= 4 is 12.0 Å². The molecule has 0 aromatic carbocycles. The van der Waals surface area contributed by atoms with E-state index in [1.165, 1.54) is 18.4 Å². The molecular formula is C14H19N3O3. The van der Waals surface area contributed by atoms with E-state index < -0.39 is 5.97 Å². The van der Waals surface area contributed by atoms with E-state index in [1.807, 2.05) is 6.07 Å². The van der Waals surface area contributed by atoms with Gasteiger partial charge in [-0.15, -0.1) is 0 Å².